The number of alkyl carbamates (subject to hydrolysis) is 1. The number of nitrogens with zero attached hydrogens (tertiary/aromatic N) is 2. The van der Waals surface area contributed by atoms with Crippen LogP contribution in [0.2, 0.25) is 0 Å². The highest BCUT2D eigenvalue weighted by Crippen LogP contribution is 2.15. The smallest absolute Gasteiger partial charge is 0.410 e. The highest BCUT2D eigenvalue weighted by atomic mass is 16.6. The van der Waals surface area contributed by atoms with Gasteiger partial charge >= 0.3 is 12.2 Å². The molecule has 8 nitrogen and oxygen atoms in total. The minimum absolute atomic E-state index is 0.00691. The molecular weight excluding hydrogens is 362 g/mol. The molecule has 2 fully saturated rings. The molecule has 28 heavy (non-hydrogen) atoms. The first-order valence-electron chi connectivity index (χ1n) is 9.80. The Morgan fingerprint density at radius 1 is 1.18 bits per heavy atom. The van der Waals surface area contributed by atoms with Gasteiger partial charge in [0.1, 0.15) is 12.7 Å². The third-order valence-corrected chi connectivity index (χ3v) is 4.99. The first-order chi connectivity index (χ1) is 13.6. The molecule has 0 saturated carbocycles. The van der Waals surface area contributed by atoms with Gasteiger partial charge in [0.25, 0.3) is 0 Å². The Bertz CT molecular complexity index is 634. The quantitative estimate of drug-likeness (QED) is 0.825. The Balaban J connectivity index is 1.31. The largest absolute Gasteiger partial charge is 0.446 e. The fourth-order valence-corrected chi connectivity index (χ4v) is 3.35. The minimum atomic E-state index is -0.429. The summed E-state index contributed by atoms with van der Waals surface area (Å²) in [7, 11) is 2.03. The lowest BCUT2D eigenvalue weighted by Crippen LogP contribution is -2.47. The van der Waals surface area contributed by atoms with Crippen molar-refractivity contribution in [2.45, 2.75) is 31.7 Å². The van der Waals surface area contributed by atoms with Crippen molar-refractivity contribution in [2.24, 2.45) is 0 Å². The number of carbonyl (C=O) groups excluding carboxylic acids is 2. The molecule has 1 aromatic rings. The number of hydrogen-bond acceptors (Lipinski definition) is 6. The molecule has 2 saturated heterocycles. The molecule has 1 atom stereocenters. The van der Waals surface area contributed by atoms with Gasteiger partial charge in [-0.2, -0.15) is 0 Å². The van der Waals surface area contributed by atoms with Crippen molar-refractivity contribution in [1.82, 2.24) is 15.1 Å². The van der Waals surface area contributed by atoms with Crippen LogP contribution in [0.5, 0.6) is 0 Å². The van der Waals surface area contributed by atoms with Crippen molar-refractivity contribution < 1.29 is 23.8 Å². The number of rotatable bonds is 5. The van der Waals surface area contributed by atoms with Crippen molar-refractivity contribution in [2.75, 3.05) is 46.4 Å². The van der Waals surface area contributed by atoms with Gasteiger partial charge in [0.05, 0.1) is 12.7 Å². The van der Waals surface area contributed by atoms with Crippen LogP contribution in [0.25, 0.3) is 0 Å². The highest BCUT2D eigenvalue weighted by molar-refractivity contribution is 5.68. The van der Waals surface area contributed by atoms with E-state index in [0.717, 1.165) is 18.7 Å². The first kappa shape index (κ1) is 20.4. The van der Waals surface area contributed by atoms with Gasteiger partial charge in [0.2, 0.25) is 0 Å². The van der Waals surface area contributed by atoms with E-state index in [2.05, 4.69) is 10.2 Å². The zero-order chi connectivity index (χ0) is 19.8. The maximum Gasteiger partial charge on any atom is 0.410 e. The second-order valence-corrected chi connectivity index (χ2v) is 7.27. The molecule has 2 aliphatic heterocycles. The van der Waals surface area contributed by atoms with Crippen LogP contribution in [0.1, 0.15) is 18.4 Å². The van der Waals surface area contributed by atoms with E-state index in [1.165, 1.54) is 0 Å². The van der Waals surface area contributed by atoms with E-state index in [-0.39, 0.29) is 24.9 Å². The van der Waals surface area contributed by atoms with Gasteiger partial charge in [-0.3, -0.25) is 0 Å². The van der Waals surface area contributed by atoms with Crippen molar-refractivity contribution >= 4 is 12.2 Å². The molecule has 2 aliphatic rings. The Morgan fingerprint density at radius 2 is 1.93 bits per heavy atom. The lowest BCUT2D eigenvalue weighted by atomic mass is 10.1. The normalized spacial score (nSPS) is 21.2. The summed E-state index contributed by atoms with van der Waals surface area (Å²) in [4.78, 5) is 28.0. The number of amides is 2. The van der Waals surface area contributed by atoms with E-state index in [0.29, 0.717) is 39.1 Å². The molecule has 1 N–H and O–H groups in total. The summed E-state index contributed by atoms with van der Waals surface area (Å²) < 4.78 is 16.4. The van der Waals surface area contributed by atoms with E-state index in [1.54, 1.807) is 4.90 Å². The molecule has 0 unspecified atom stereocenters. The summed E-state index contributed by atoms with van der Waals surface area (Å²) in [6.45, 7) is 4.11. The van der Waals surface area contributed by atoms with Gasteiger partial charge < -0.3 is 29.3 Å². The number of nitrogens with one attached hydrogen (secondary N) is 1. The van der Waals surface area contributed by atoms with E-state index >= 15 is 0 Å². The molecule has 154 valence electrons. The standard InChI is InChI=1S/C20H29N3O5/c1-22-11-12-26-18(14-22)13-21-19(24)28-17-7-9-23(10-8-17)20(25)27-15-16-5-3-2-4-6-16/h2-6,17-18H,7-15H2,1H3,(H,21,24)/t18-/m0/s1. The molecule has 0 radical (unpaired) electrons. The van der Waals surface area contributed by atoms with E-state index in [9.17, 15) is 9.59 Å². The number of morpholine rings is 1. The summed E-state index contributed by atoms with van der Waals surface area (Å²) in [6.07, 6.45) is 0.264. The van der Waals surface area contributed by atoms with Crippen LogP contribution in [-0.2, 0) is 20.8 Å². The second-order valence-electron chi connectivity index (χ2n) is 7.27. The molecular formula is C20H29N3O5. The van der Waals surface area contributed by atoms with Crippen LogP contribution in [0.15, 0.2) is 30.3 Å². The Kier molecular flexibility index (Phi) is 7.50. The SMILES string of the molecule is CN1CCO[C@@H](CNC(=O)OC2CCN(C(=O)OCc3ccccc3)CC2)C1. The number of benzene rings is 1. The number of likely N-dealkylation sites (tertiary alicyclic amines) is 1. The topological polar surface area (TPSA) is 80.3 Å². The molecule has 0 aromatic heterocycles. The van der Waals surface area contributed by atoms with E-state index < -0.39 is 6.09 Å². The van der Waals surface area contributed by atoms with Gasteiger partial charge in [-0.05, 0) is 12.6 Å². The molecule has 1 aromatic carbocycles. The highest BCUT2D eigenvalue weighted by Gasteiger charge is 2.26. The van der Waals surface area contributed by atoms with Crippen molar-refractivity contribution in [1.29, 1.82) is 0 Å². The number of carbonyl (C=O) groups is 2. The van der Waals surface area contributed by atoms with E-state index in [4.69, 9.17) is 14.2 Å². The fourth-order valence-electron chi connectivity index (χ4n) is 3.35. The Labute approximate surface area is 165 Å². The summed E-state index contributed by atoms with van der Waals surface area (Å²) in [5.41, 5.74) is 0.957. The van der Waals surface area contributed by atoms with Crippen LogP contribution in [-0.4, -0.2) is 80.6 Å². The number of ether oxygens (including phenoxy) is 3. The van der Waals surface area contributed by atoms with Crippen LogP contribution >= 0.6 is 0 Å². The molecule has 0 bridgehead atoms. The maximum atomic E-state index is 12.2. The molecule has 0 aliphatic carbocycles. The zero-order valence-electron chi connectivity index (χ0n) is 16.3. The van der Waals surface area contributed by atoms with Gasteiger partial charge in [-0.15, -0.1) is 0 Å². The molecule has 8 heteroatoms. The van der Waals surface area contributed by atoms with Crippen LogP contribution in [0.4, 0.5) is 9.59 Å². The predicted octanol–water partition coefficient (Wildman–Crippen LogP) is 1.84. The average Bonchev–Trinajstić information content (AvgIpc) is 2.72. The lowest BCUT2D eigenvalue weighted by Gasteiger charge is -2.32. The van der Waals surface area contributed by atoms with Gasteiger partial charge in [0, 0.05) is 45.6 Å². The predicted molar refractivity (Wildman–Crippen MR) is 103 cm³/mol. The van der Waals surface area contributed by atoms with Gasteiger partial charge in [-0.25, -0.2) is 9.59 Å². The summed E-state index contributed by atoms with van der Waals surface area (Å²) in [6, 6.07) is 9.59. The number of hydrogen-bond donors (Lipinski definition) is 1. The third kappa shape index (κ3) is 6.38. The minimum Gasteiger partial charge on any atom is -0.446 e. The zero-order valence-corrected chi connectivity index (χ0v) is 16.3. The molecule has 0 spiro atoms. The maximum absolute atomic E-state index is 12.2. The third-order valence-electron chi connectivity index (χ3n) is 4.99. The Morgan fingerprint density at radius 3 is 2.64 bits per heavy atom. The molecule has 3 rings (SSSR count). The van der Waals surface area contributed by atoms with Crippen LogP contribution < -0.4 is 5.32 Å². The number of piperidine rings is 1. The number of likely N-dealkylation sites (N-methyl/N-ethyl adjacent to an activating group) is 1. The lowest BCUT2D eigenvalue weighted by molar-refractivity contribution is -0.0195. The molecule has 2 heterocycles. The van der Waals surface area contributed by atoms with Crippen LogP contribution in [0, 0.1) is 0 Å². The summed E-state index contributed by atoms with van der Waals surface area (Å²) in [5.74, 6) is 0. The van der Waals surface area contributed by atoms with Crippen molar-refractivity contribution in [3.8, 4) is 0 Å². The molecule has 2 amide bonds. The first-order valence-corrected chi connectivity index (χ1v) is 9.80. The summed E-state index contributed by atoms with van der Waals surface area (Å²) in [5, 5.41) is 2.77. The van der Waals surface area contributed by atoms with Crippen molar-refractivity contribution in [3.63, 3.8) is 0 Å². The monoisotopic (exact) mass is 391 g/mol. The van der Waals surface area contributed by atoms with Crippen LogP contribution in [0.3, 0.4) is 0 Å². The van der Waals surface area contributed by atoms with Gasteiger partial charge in [-0.1, -0.05) is 30.3 Å². The summed E-state index contributed by atoms with van der Waals surface area (Å²) >= 11 is 0. The Hall–Kier alpha value is -2.32. The fraction of sp³-hybridized carbons (Fsp3) is 0.600. The van der Waals surface area contributed by atoms with E-state index in [1.807, 2.05) is 37.4 Å². The second kappa shape index (κ2) is 10.3. The van der Waals surface area contributed by atoms with Gasteiger partial charge in [0.15, 0.2) is 0 Å². The van der Waals surface area contributed by atoms with Crippen molar-refractivity contribution in [3.05, 3.63) is 35.9 Å². The average molecular weight is 391 g/mol.